The van der Waals surface area contributed by atoms with Gasteiger partial charge in [0.05, 0.1) is 0 Å². The van der Waals surface area contributed by atoms with E-state index in [2.05, 4.69) is 21.2 Å². The molecule has 2 aromatic rings. The third-order valence-electron chi connectivity index (χ3n) is 3.44. The number of nitrogens with one attached hydrogen (secondary N) is 1. The van der Waals surface area contributed by atoms with Crippen LogP contribution in [0.1, 0.15) is 15.9 Å². The van der Waals surface area contributed by atoms with Gasteiger partial charge in [-0.3, -0.25) is 4.79 Å². The Bertz CT molecular complexity index is 642. The van der Waals surface area contributed by atoms with Crippen LogP contribution < -0.4 is 10.2 Å². The zero-order valence-electron chi connectivity index (χ0n) is 11.0. The fourth-order valence-electron chi connectivity index (χ4n) is 2.43. The van der Waals surface area contributed by atoms with Crippen LogP contribution in [-0.2, 0) is 6.54 Å². The van der Waals surface area contributed by atoms with E-state index in [1.54, 1.807) is 0 Å². The van der Waals surface area contributed by atoms with Gasteiger partial charge in [-0.05, 0) is 29.8 Å². The van der Waals surface area contributed by atoms with Gasteiger partial charge in [0.15, 0.2) is 0 Å². The number of rotatable bonds is 1. The van der Waals surface area contributed by atoms with Crippen LogP contribution in [-0.4, -0.2) is 19.0 Å². The van der Waals surface area contributed by atoms with E-state index in [9.17, 15) is 4.79 Å². The van der Waals surface area contributed by atoms with Crippen molar-refractivity contribution in [3.05, 3.63) is 64.1 Å². The van der Waals surface area contributed by atoms with Crippen molar-refractivity contribution in [1.82, 2.24) is 5.32 Å². The summed E-state index contributed by atoms with van der Waals surface area (Å²) in [7, 11) is 0. The number of anilines is 1. The largest absolute Gasteiger partial charge is 0.311 e. The molecule has 0 saturated carbocycles. The Morgan fingerprint density at radius 1 is 1.10 bits per heavy atom. The molecule has 102 valence electrons. The van der Waals surface area contributed by atoms with Crippen LogP contribution >= 0.6 is 15.9 Å². The quantitative estimate of drug-likeness (QED) is 0.870. The molecule has 2 aromatic carbocycles. The number of benzene rings is 2. The van der Waals surface area contributed by atoms with Gasteiger partial charge in [-0.15, -0.1) is 0 Å². The molecular weight excluding hydrogens is 316 g/mol. The van der Waals surface area contributed by atoms with Gasteiger partial charge in [-0.1, -0.05) is 40.2 Å². The SMILES string of the molecule is O=C1c2ccccc2CNCCN1c1cccc(Br)c1. The summed E-state index contributed by atoms with van der Waals surface area (Å²) in [6.45, 7) is 2.20. The fraction of sp³-hybridized carbons (Fsp3) is 0.188. The molecule has 0 unspecified atom stereocenters. The molecule has 1 amide bonds. The molecule has 0 bridgehead atoms. The zero-order valence-corrected chi connectivity index (χ0v) is 12.6. The summed E-state index contributed by atoms with van der Waals surface area (Å²) < 4.78 is 0.978. The molecule has 20 heavy (non-hydrogen) atoms. The predicted octanol–water partition coefficient (Wildman–Crippen LogP) is 3.20. The third-order valence-corrected chi connectivity index (χ3v) is 3.93. The highest BCUT2D eigenvalue weighted by molar-refractivity contribution is 9.10. The predicted molar refractivity (Wildman–Crippen MR) is 84.0 cm³/mol. The molecule has 1 aliphatic heterocycles. The zero-order chi connectivity index (χ0) is 13.9. The van der Waals surface area contributed by atoms with E-state index in [1.807, 2.05) is 53.4 Å². The first-order chi connectivity index (χ1) is 9.75. The van der Waals surface area contributed by atoms with E-state index in [0.717, 1.165) is 34.4 Å². The van der Waals surface area contributed by atoms with Crippen molar-refractivity contribution in [3.63, 3.8) is 0 Å². The van der Waals surface area contributed by atoms with E-state index in [0.29, 0.717) is 6.54 Å². The van der Waals surface area contributed by atoms with Crippen molar-refractivity contribution in [3.8, 4) is 0 Å². The lowest BCUT2D eigenvalue weighted by Crippen LogP contribution is -2.40. The molecule has 1 N–H and O–H groups in total. The van der Waals surface area contributed by atoms with Crippen LogP contribution in [0.25, 0.3) is 0 Å². The Morgan fingerprint density at radius 3 is 2.80 bits per heavy atom. The van der Waals surface area contributed by atoms with Crippen LogP contribution in [0.3, 0.4) is 0 Å². The average molecular weight is 331 g/mol. The molecule has 1 aliphatic rings. The number of carbonyl (C=O) groups is 1. The fourth-order valence-corrected chi connectivity index (χ4v) is 2.82. The van der Waals surface area contributed by atoms with E-state index in [4.69, 9.17) is 0 Å². The standard InChI is InChI=1S/C16H15BrN2O/c17-13-5-3-6-14(10-13)19-9-8-18-11-12-4-1-2-7-15(12)16(19)20/h1-7,10,18H,8-9,11H2. The first kappa shape index (κ1) is 13.3. The number of halogens is 1. The monoisotopic (exact) mass is 330 g/mol. The van der Waals surface area contributed by atoms with Gasteiger partial charge in [0.2, 0.25) is 0 Å². The first-order valence-electron chi connectivity index (χ1n) is 6.62. The summed E-state index contributed by atoms with van der Waals surface area (Å²) in [5, 5.41) is 3.37. The van der Waals surface area contributed by atoms with Gasteiger partial charge >= 0.3 is 0 Å². The van der Waals surface area contributed by atoms with Crippen LogP contribution in [0, 0.1) is 0 Å². The van der Waals surface area contributed by atoms with Crippen molar-refractivity contribution < 1.29 is 4.79 Å². The minimum Gasteiger partial charge on any atom is -0.311 e. The second kappa shape index (κ2) is 5.77. The Hall–Kier alpha value is -1.65. The minimum atomic E-state index is 0.0696. The Kier molecular flexibility index (Phi) is 3.85. The summed E-state index contributed by atoms with van der Waals surface area (Å²) >= 11 is 3.46. The van der Waals surface area contributed by atoms with Crippen LogP contribution in [0.15, 0.2) is 53.0 Å². The molecule has 0 fully saturated rings. The maximum Gasteiger partial charge on any atom is 0.258 e. The lowest BCUT2D eigenvalue weighted by atomic mass is 10.0. The van der Waals surface area contributed by atoms with E-state index in [-0.39, 0.29) is 5.91 Å². The van der Waals surface area contributed by atoms with Crippen molar-refractivity contribution in [2.24, 2.45) is 0 Å². The Balaban J connectivity index is 2.02. The van der Waals surface area contributed by atoms with E-state index in [1.165, 1.54) is 0 Å². The highest BCUT2D eigenvalue weighted by Crippen LogP contribution is 2.23. The minimum absolute atomic E-state index is 0.0696. The summed E-state index contributed by atoms with van der Waals surface area (Å²) in [6, 6.07) is 15.6. The molecule has 4 heteroatoms. The molecule has 0 radical (unpaired) electrons. The van der Waals surface area contributed by atoms with Gasteiger partial charge < -0.3 is 10.2 Å². The number of hydrogen-bond donors (Lipinski definition) is 1. The maximum absolute atomic E-state index is 12.8. The van der Waals surface area contributed by atoms with Gasteiger partial charge in [0.25, 0.3) is 5.91 Å². The van der Waals surface area contributed by atoms with E-state index >= 15 is 0 Å². The third kappa shape index (κ3) is 2.62. The lowest BCUT2D eigenvalue weighted by Gasteiger charge is -2.27. The van der Waals surface area contributed by atoms with Crippen LogP contribution in [0.5, 0.6) is 0 Å². The number of hydrogen-bond acceptors (Lipinski definition) is 2. The van der Waals surface area contributed by atoms with Crippen LogP contribution in [0.2, 0.25) is 0 Å². The molecular formula is C16H15BrN2O. The molecule has 3 nitrogen and oxygen atoms in total. The summed E-state index contributed by atoms with van der Waals surface area (Å²) in [5.41, 5.74) is 2.75. The topological polar surface area (TPSA) is 32.3 Å². The Labute approximate surface area is 126 Å². The summed E-state index contributed by atoms with van der Waals surface area (Å²) in [6.07, 6.45) is 0. The molecule has 0 atom stereocenters. The maximum atomic E-state index is 12.8. The van der Waals surface area contributed by atoms with E-state index < -0.39 is 0 Å². The van der Waals surface area contributed by atoms with Crippen molar-refractivity contribution >= 4 is 27.5 Å². The molecule has 0 aliphatic carbocycles. The number of nitrogens with zero attached hydrogens (tertiary/aromatic N) is 1. The molecule has 1 heterocycles. The second-order valence-corrected chi connectivity index (χ2v) is 5.69. The van der Waals surface area contributed by atoms with Crippen LogP contribution in [0.4, 0.5) is 5.69 Å². The molecule has 0 saturated heterocycles. The van der Waals surface area contributed by atoms with Gasteiger partial charge in [-0.2, -0.15) is 0 Å². The van der Waals surface area contributed by atoms with Gasteiger partial charge in [-0.25, -0.2) is 0 Å². The van der Waals surface area contributed by atoms with Gasteiger partial charge in [0.1, 0.15) is 0 Å². The molecule has 3 rings (SSSR count). The van der Waals surface area contributed by atoms with Crippen molar-refractivity contribution in [2.75, 3.05) is 18.0 Å². The number of carbonyl (C=O) groups excluding carboxylic acids is 1. The number of amides is 1. The highest BCUT2D eigenvalue weighted by Gasteiger charge is 2.21. The van der Waals surface area contributed by atoms with Gasteiger partial charge in [0, 0.05) is 35.4 Å². The second-order valence-electron chi connectivity index (χ2n) is 4.77. The highest BCUT2D eigenvalue weighted by atomic mass is 79.9. The lowest BCUT2D eigenvalue weighted by molar-refractivity contribution is 0.0984. The van der Waals surface area contributed by atoms with Crippen molar-refractivity contribution in [2.45, 2.75) is 6.54 Å². The normalized spacial score (nSPS) is 15.4. The molecule has 0 spiro atoms. The Morgan fingerprint density at radius 2 is 1.95 bits per heavy atom. The summed E-state index contributed by atoms with van der Waals surface area (Å²) in [5.74, 6) is 0.0696. The summed E-state index contributed by atoms with van der Waals surface area (Å²) in [4.78, 5) is 14.6. The van der Waals surface area contributed by atoms with Crippen molar-refractivity contribution in [1.29, 1.82) is 0 Å². The number of fused-ring (bicyclic) bond motifs is 1. The molecule has 0 aromatic heterocycles. The smallest absolute Gasteiger partial charge is 0.258 e. The first-order valence-corrected chi connectivity index (χ1v) is 7.41. The average Bonchev–Trinajstić information content (AvgIpc) is 2.45.